The SMILES string of the molecule is COc1cc(C)c(C2COCC(C)(C)N2)cc1C(C)C. The van der Waals surface area contributed by atoms with Crippen LogP contribution in [0.5, 0.6) is 5.75 Å². The van der Waals surface area contributed by atoms with Crippen molar-refractivity contribution in [1.29, 1.82) is 0 Å². The third kappa shape index (κ3) is 3.15. The molecule has 0 aliphatic carbocycles. The highest BCUT2D eigenvalue weighted by Crippen LogP contribution is 2.33. The molecule has 1 fully saturated rings. The minimum atomic E-state index is 0.0211. The summed E-state index contributed by atoms with van der Waals surface area (Å²) in [6.45, 7) is 12.4. The molecule has 0 spiro atoms. The van der Waals surface area contributed by atoms with E-state index in [2.05, 4.69) is 52.1 Å². The summed E-state index contributed by atoms with van der Waals surface area (Å²) >= 11 is 0. The van der Waals surface area contributed by atoms with Crippen molar-refractivity contribution in [3.8, 4) is 5.75 Å². The first-order valence-corrected chi connectivity index (χ1v) is 7.38. The summed E-state index contributed by atoms with van der Waals surface area (Å²) in [7, 11) is 1.74. The molecule has 3 nitrogen and oxygen atoms in total. The van der Waals surface area contributed by atoms with Gasteiger partial charge in [-0.2, -0.15) is 0 Å². The number of ether oxygens (including phenoxy) is 2. The van der Waals surface area contributed by atoms with Crippen LogP contribution in [0.15, 0.2) is 12.1 Å². The monoisotopic (exact) mass is 277 g/mol. The normalized spacial score (nSPS) is 22.1. The molecule has 1 N–H and O–H groups in total. The first-order chi connectivity index (χ1) is 9.34. The van der Waals surface area contributed by atoms with E-state index in [4.69, 9.17) is 9.47 Å². The predicted octanol–water partition coefficient (Wildman–Crippen LogP) is 3.57. The Morgan fingerprint density at radius 3 is 2.60 bits per heavy atom. The molecule has 1 unspecified atom stereocenters. The topological polar surface area (TPSA) is 30.5 Å². The predicted molar refractivity (Wildman–Crippen MR) is 82.6 cm³/mol. The smallest absolute Gasteiger partial charge is 0.122 e. The summed E-state index contributed by atoms with van der Waals surface area (Å²) in [4.78, 5) is 0. The van der Waals surface area contributed by atoms with Crippen molar-refractivity contribution in [2.24, 2.45) is 0 Å². The van der Waals surface area contributed by atoms with Crippen LogP contribution in [-0.2, 0) is 4.74 Å². The van der Waals surface area contributed by atoms with Gasteiger partial charge in [0.15, 0.2) is 0 Å². The summed E-state index contributed by atoms with van der Waals surface area (Å²) in [6.07, 6.45) is 0. The molecule has 20 heavy (non-hydrogen) atoms. The molecule has 112 valence electrons. The van der Waals surface area contributed by atoms with Gasteiger partial charge in [-0.05, 0) is 55.5 Å². The summed E-state index contributed by atoms with van der Waals surface area (Å²) in [5, 5.41) is 3.69. The van der Waals surface area contributed by atoms with Crippen LogP contribution in [0, 0.1) is 6.92 Å². The van der Waals surface area contributed by atoms with Gasteiger partial charge in [0.2, 0.25) is 0 Å². The van der Waals surface area contributed by atoms with Crippen molar-refractivity contribution in [2.45, 2.75) is 52.1 Å². The van der Waals surface area contributed by atoms with E-state index in [0.717, 1.165) is 19.0 Å². The quantitative estimate of drug-likeness (QED) is 0.916. The Bertz CT molecular complexity index is 480. The molecule has 1 aromatic rings. The standard InChI is InChI=1S/C17H27NO2/c1-11(2)13-8-14(12(3)7-16(13)19-6)15-9-20-10-17(4,5)18-15/h7-8,11,15,18H,9-10H2,1-6H3. The molecule has 0 radical (unpaired) electrons. The van der Waals surface area contributed by atoms with Gasteiger partial charge in [-0.3, -0.25) is 0 Å². The maximum absolute atomic E-state index is 5.77. The maximum Gasteiger partial charge on any atom is 0.122 e. The largest absolute Gasteiger partial charge is 0.496 e. The van der Waals surface area contributed by atoms with Crippen LogP contribution >= 0.6 is 0 Å². The van der Waals surface area contributed by atoms with Gasteiger partial charge in [0.05, 0.1) is 26.4 Å². The minimum absolute atomic E-state index is 0.0211. The fourth-order valence-corrected chi connectivity index (χ4v) is 2.87. The van der Waals surface area contributed by atoms with Crippen molar-refractivity contribution < 1.29 is 9.47 Å². The molecule has 2 rings (SSSR count). The Kier molecular flexibility index (Phi) is 4.40. The van der Waals surface area contributed by atoms with Crippen molar-refractivity contribution in [3.63, 3.8) is 0 Å². The highest BCUT2D eigenvalue weighted by molar-refractivity contribution is 5.45. The average Bonchev–Trinajstić information content (AvgIpc) is 2.36. The molecule has 1 aliphatic heterocycles. The average molecular weight is 277 g/mol. The molecule has 1 heterocycles. The van der Waals surface area contributed by atoms with Crippen molar-refractivity contribution in [2.75, 3.05) is 20.3 Å². The molecule has 3 heteroatoms. The molecule has 1 aliphatic rings. The highest BCUT2D eigenvalue weighted by atomic mass is 16.5. The zero-order valence-electron chi connectivity index (χ0n) is 13.5. The van der Waals surface area contributed by atoms with Crippen molar-refractivity contribution in [3.05, 3.63) is 28.8 Å². The number of hydrogen-bond acceptors (Lipinski definition) is 3. The van der Waals surface area contributed by atoms with Gasteiger partial charge in [0.1, 0.15) is 5.75 Å². The molecule has 0 amide bonds. The van der Waals surface area contributed by atoms with Crippen LogP contribution in [0.4, 0.5) is 0 Å². The third-order valence-electron chi connectivity index (χ3n) is 3.93. The minimum Gasteiger partial charge on any atom is -0.496 e. The Morgan fingerprint density at radius 1 is 1.35 bits per heavy atom. The van der Waals surface area contributed by atoms with Gasteiger partial charge in [0.25, 0.3) is 0 Å². The number of morpholine rings is 1. The van der Waals surface area contributed by atoms with E-state index in [1.807, 2.05) is 0 Å². The maximum atomic E-state index is 5.77. The van der Waals surface area contributed by atoms with Crippen LogP contribution in [0.25, 0.3) is 0 Å². The van der Waals surface area contributed by atoms with E-state index in [1.165, 1.54) is 16.7 Å². The summed E-state index contributed by atoms with van der Waals surface area (Å²) in [6, 6.07) is 4.68. The summed E-state index contributed by atoms with van der Waals surface area (Å²) < 4.78 is 11.3. The Balaban J connectivity index is 2.38. The lowest BCUT2D eigenvalue weighted by atomic mass is 9.91. The summed E-state index contributed by atoms with van der Waals surface area (Å²) in [5.74, 6) is 1.43. The third-order valence-corrected chi connectivity index (χ3v) is 3.93. The molecular weight excluding hydrogens is 250 g/mol. The fraction of sp³-hybridized carbons (Fsp3) is 0.647. The first-order valence-electron chi connectivity index (χ1n) is 7.38. The molecule has 0 saturated carbocycles. The molecular formula is C17H27NO2. The molecule has 1 atom stereocenters. The lowest BCUT2D eigenvalue weighted by Gasteiger charge is -2.38. The molecule has 1 saturated heterocycles. The Morgan fingerprint density at radius 2 is 2.05 bits per heavy atom. The second-order valence-electron chi connectivity index (χ2n) is 6.70. The number of methoxy groups -OCH3 is 1. The van der Waals surface area contributed by atoms with Gasteiger partial charge in [-0.25, -0.2) is 0 Å². The lowest BCUT2D eigenvalue weighted by Crippen LogP contribution is -2.51. The van der Waals surface area contributed by atoms with E-state index >= 15 is 0 Å². The highest BCUT2D eigenvalue weighted by Gasteiger charge is 2.30. The van der Waals surface area contributed by atoms with Crippen LogP contribution in [-0.4, -0.2) is 25.9 Å². The van der Waals surface area contributed by atoms with Gasteiger partial charge in [-0.15, -0.1) is 0 Å². The molecule has 1 aromatic carbocycles. The van der Waals surface area contributed by atoms with Crippen LogP contribution < -0.4 is 10.1 Å². The lowest BCUT2D eigenvalue weighted by molar-refractivity contribution is 0.0125. The Labute approximate surface area is 122 Å². The van der Waals surface area contributed by atoms with Crippen LogP contribution in [0.2, 0.25) is 0 Å². The van der Waals surface area contributed by atoms with E-state index < -0.39 is 0 Å². The first kappa shape index (κ1) is 15.3. The van der Waals surface area contributed by atoms with Gasteiger partial charge < -0.3 is 14.8 Å². The number of nitrogens with one attached hydrogen (secondary N) is 1. The number of rotatable bonds is 3. The molecule has 0 aromatic heterocycles. The van der Waals surface area contributed by atoms with Gasteiger partial charge >= 0.3 is 0 Å². The fourth-order valence-electron chi connectivity index (χ4n) is 2.87. The second-order valence-corrected chi connectivity index (χ2v) is 6.70. The van der Waals surface area contributed by atoms with E-state index in [0.29, 0.717) is 5.92 Å². The Hall–Kier alpha value is -1.06. The second kappa shape index (κ2) is 5.74. The molecule has 0 bridgehead atoms. The zero-order chi connectivity index (χ0) is 14.9. The van der Waals surface area contributed by atoms with E-state index in [1.54, 1.807) is 7.11 Å². The summed E-state index contributed by atoms with van der Waals surface area (Å²) in [5.41, 5.74) is 3.86. The zero-order valence-corrected chi connectivity index (χ0v) is 13.5. The van der Waals surface area contributed by atoms with Gasteiger partial charge in [-0.1, -0.05) is 13.8 Å². The van der Waals surface area contributed by atoms with Crippen LogP contribution in [0.3, 0.4) is 0 Å². The number of aryl methyl sites for hydroxylation is 1. The number of hydrogen-bond donors (Lipinski definition) is 1. The van der Waals surface area contributed by atoms with Crippen molar-refractivity contribution >= 4 is 0 Å². The van der Waals surface area contributed by atoms with Gasteiger partial charge in [0, 0.05) is 5.54 Å². The van der Waals surface area contributed by atoms with Crippen molar-refractivity contribution in [1.82, 2.24) is 5.32 Å². The van der Waals surface area contributed by atoms with Crippen LogP contribution in [0.1, 0.15) is 56.3 Å². The number of benzene rings is 1. The van der Waals surface area contributed by atoms with E-state index in [-0.39, 0.29) is 11.6 Å². The van der Waals surface area contributed by atoms with E-state index in [9.17, 15) is 0 Å².